The van der Waals surface area contributed by atoms with E-state index in [0.29, 0.717) is 13.0 Å². The zero-order valence-electron chi connectivity index (χ0n) is 8.50. The maximum absolute atomic E-state index is 11.6. The Kier molecular flexibility index (Phi) is 2.85. The van der Waals surface area contributed by atoms with Crippen molar-refractivity contribution >= 4 is 11.7 Å². The van der Waals surface area contributed by atoms with Crippen LogP contribution in [-0.2, 0) is 9.59 Å². The molecular weight excluding hydrogens is 178 g/mol. The molecule has 1 saturated heterocycles. The Morgan fingerprint density at radius 3 is 2.79 bits per heavy atom. The molecule has 0 N–H and O–H groups in total. The Morgan fingerprint density at radius 2 is 2.07 bits per heavy atom. The molecule has 1 saturated carbocycles. The molecule has 0 aromatic heterocycles. The first-order valence-corrected chi connectivity index (χ1v) is 5.58. The van der Waals surface area contributed by atoms with Crippen LogP contribution in [0.5, 0.6) is 0 Å². The quantitative estimate of drug-likeness (QED) is 0.682. The SMILES string of the molecule is O=C(CN1CCCCCC1=O)C1CC1. The Balaban J connectivity index is 1.87. The van der Waals surface area contributed by atoms with E-state index in [-0.39, 0.29) is 17.6 Å². The van der Waals surface area contributed by atoms with E-state index in [1.165, 1.54) is 0 Å². The molecule has 0 spiro atoms. The number of amides is 1. The summed E-state index contributed by atoms with van der Waals surface area (Å²) in [4.78, 5) is 24.9. The lowest BCUT2D eigenvalue weighted by Crippen LogP contribution is -2.35. The number of likely N-dealkylation sites (tertiary alicyclic amines) is 1. The van der Waals surface area contributed by atoms with E-state index in [1.807, 2.05) is 0 Å². The first kappa shape index (κ1) is 9.69. The largest absolute Gasteiger partial charge is 0.335 e. The zero-order chi connectivity index (χ0) is 9.97. The third-order valence-electron chi connectivity index (χ3n) is 3.05. The van der Waals surface area contributed by atoms with E-state index in [4.69, 9.17) is 0 Å². The van der Waals surface area contributed by atoms with Crippen LogP contribution < -0.4 is 0 Å². The molecule has 0 radical (unpaired) electrons. The standard InChI is InChI=1S/C11H17NO2/c13-10(9-5-6-9)8-12-7-3-1-2-4-11(12)14/h9H,1-8H2. The third kappa shape index (κ3) is 2.34. The summed E-state index contributed by atoms with van der Waals surface area (Å²) < 4.78 is 0. The molecule has 1 aliphatic heterocycles. The molecule has 2 rings (SSSR count). The first-order chi connectivity index (χ1) is 6.77. The second-order valence-corrected chi connectivity index (χ2v) is 4.37. The predicted molar refractivity (Wildman–Crippen MR) is 52.8 cm³/mol. The van der Waals surface area contributed by atoms with Gasteiger partial charge in [0.15, 0.2) is 5.78 Å². The summed E-state index contributed by atoms with van der Waals surface area (Å²) in [6, 6.07) is 0. The van der Waals surface area contributed by atoms with Gasteiger partial charge in [0, 0.05) is 18.9 Å². The molecule has 1 amide bonds. The molecule has 0 unspecified atom stereocenters. The summed E-state index contributed by atoms with van der Waals surface area (Å²) in [7, 11) is 0. The van der Waals surface area contributed by atoms with E-state index in [1.54, 1.807) is 4.90 Å². The van der Waals surface area contributed by atoms with Gasteiger partial charge in [-0.2, -0.15) is 0 Å². The van der Waals surface area contributed by atoms with Gasteiger partial charge in [-0.25, -0.2) is 0 Å². The number of Topliss-reactive ketones (excluding diaryl/α,β-unsaturated/α-hetero) is 1. The van der Waals surface area contributed by atoms with Crippen LogP contribution in [-0.4, -0.2) is 29.7 Å². The molecule has 2 fully saturated rings. The van der Waals surface area contributed by atoms with Gasteiger partial charge in [-0.1, -0.05) is 6.42 Å². The van der Waals surface area contributed by atoms with Crippen LogP contribution in [0.3, 0.4) is 0 Å². The molecule has 3 heteroatoms. The number of hydrogen-bond acceptors (Lipinski definition) is 2. The molecule has 1 heterocycles. The molecule has 0 atom stereocenters. The highest BCUT2D eigenvalue weighted by molar-refractivity contribution is 5.89. The molecule has 1 aliphatic carbocycles. The van der Waals surface area contributed by atoms with Crippen molar-refractivity contribution in [2.75, 3.05) is 13.1 Å². The van der Waals surface area contributed by atoms with Gasteiger partial charge in [-0.05, 0) is 25.7 Å². The van der Waals surface area contributed by atoms with Crippen LogP contribution in [0.15, 0.2) is 0 Å². The van der Waals surface area contributed by atoms with Gasteiger partial charge in [-0.3, -0.25) is 9.59 Å². The summed E-state index contributed by atoms with van der Waals surface area (Å²) in [5.41, 5.74) is 0. The van der Waals surface area contributed by atoms with Crippen molar-refractivity contribution in [3.05, 3.63) is 0 Å². The summed E-state index contributed by atoms with van der Waals surface area (Å²) in [6.45, 7) is 1.17. The van der Waals surface area contributed by atoms with Crippen molar-refractivity contribution in [1.29, 1.82) is 0 Å². The predicted octanol–water partition coefficient (Wildman–Crippen LogP) is 1.37. The van der Waals surface area contributed by atoms with Crippen molar-refractivity contribution in [2.24, 2.45) is 5.92 Å². The fraction of sp³-hybridized carbons (Fsp3) is 0.818. The maximum atomic E-state index is 11.6. The average Bonchev–Trinajstić information content (AvgIpc) is 2.95. The lowest BCUT2D eigenvalue weighted by molar-refractivity contribution is -0.135. The fourth-order valence-corrected chi connectivity index (χ4v) is 1.93. The molecule has 0 aromatic rings. The molecule has 14 heavy (non-hydrogen) atoms. The van der Waals surface area contributed by atoms with Gasteiger partial charge < -0.3 is 4.90 Å². The minimum Gasteiger partial charge on any atom is -0.335 e. The Morgan fingerprint density at radius 1 is 1.29 bits per heavy atom. The molecule has 78 valence electrons. The van der Waals surface area contributed by atoms with Crippen LogP contribution in [0.1, 0.15) is 38.5 Å². The summed E-state index contributed by atoms with van der Waals surface area (Å²) in [5, 5.41) is 0. The van der Waals surface area contributed by atoms with E-state index in [9.17, 15) is 9.59 Å². The monoisotopic (exact) mass is 195 g/mol. The number of nitrogens with zero attached hydrogens (tertiary/aromatic N) is 1. The normalized spacial score (nSPS) is 23.4. The second kappa shape index (κ2) is 4.11. The smallest absolute Gasteiger partial charge is 0.222 e. The van der Waals surface area contributed by atoms with Gasteiger partial charge in [0.25, 0.3) is 0 Å². The highest BCUT2D eigenvalue weighted by Gasteiger charge is 2.31. The van der Waals surface area contributed by atoms with Crippen molar-refractivity contribution in [1.82, 2.24) is 4.90 Å². The molecule has 0 aromatic carbocycles. The van der Waals surface area contributed by atoms with Gasteiger partial charge >= 0.3 is 0 Å². The topological polar surface area (TPSA) is 37.4 Å². The van der Waals surface area contributed by atoms with E-state index in [0.717, 1.165) is 38.6 Å². The minimum absolute atomic E-state index is 0.177. The third-order valence-corrected chi connectivity index (χ3v) is 3.05. The Hall–Kier alpha value is -0.860. The molecule has 3 nitrogen and oxygen atoms in total. The lowest BCUT2D eigenvalue weighted by Gasteiger charge is -2.19. The van der Waals surface area contributed by atoms with Crippen LogP contribution in [0.4, 0.5) is 0 Å². The summed E-state index contributed by atoms with van der Waals surface area (Å²) in [6.07, 6.45) is 5.90. The van der Waals surface area contributed by atoms with Crippen LogP contribution in [0, 0.1) is 5.92 Å². The van der Waals surface area contributed by atoms with Crippen molar-refractivity contribution in [2.45, 2.75) is 38.5 Å². The molecule has 0 bridgehead atoms. The molecule has 2 aliphatic rings. The minimum atomic E-state index is 0.177. The van der Waals surface area contributed by atoms with Crippen LogP contribution >= 0.6 is 0 Å². The zero-order valence-corrected chi connectivity index (χ0v) is 8.50. The maximum Gasteiger partial charge on any atom is 0.222 e. The molecular formula is C11H17NO2. The number of carbonyl (C=O) groups excluding carboxylic acids is 2. The Labute approximate surface area is 84.5 Å². The van der Waals surface area contributed by atoms with Crippen molar-refractivity contribution in [3.8, 4) is 0 Å². The van der Waals surface area contributed by atoms with Crippen molar-refractivity contribution < 1.29 is 9.59 Å². The van der Waals surface area contributed by atoms with Crippen molar-refractivity contribution in [3.63, 3.8) is 0 Å². The highest BCUT2D eigenvalue weighted by atomic mass is 16.2. The van der Waals surface area contributed by atoms with Crippen LogP contribution in [0.2, 0.25) is 0 Å². The summed E-state index contributed by atoms with van der Waals surface area (Å²) in [5.74, 6) is 0.739. The number of hydrogen-bond donors (Lipinski definition) is 0. The second-order valence-electron chi connectivity index (χ2n) is 4.37. The van der Waals surface area contributed by atoms with Crippen LogP contribution in [0.25, 0.3) is 0 Å². The average molecular weight is 195 g/mol. The highest BCUT2D eigenvalue weighted by Crippen LogP contribution is 2.30. The van der Waals surface area contributed by atoms with Gasteiger partial charge in [-0.15, -0.1) is 0 Å². The Bertz CT molecular complexity index is 246. The number of rotatable bonds is 3. The lowest BCUT2D eigenvalue weighted by atomic mass is 10.2. The fourth-order valence-electron chi connectivity index (χ4n) is 1.93. The van der Waals surface area contributed by atoms with Gasteiger partial charge in [0.2, 0.25) is 5.91 Å². The first-order valence-electron chi connectivity index (χ1n) is 5.58. The van der Waals surface area contributed by atoms with E-state index in [2.05, 4.69) is 0 Å². The van der Waals surface area contributed by atoms with Gasteiger partial charge in [0.1, 0.15) is 0 Å². The van der Waals surface area contributed by atoms with Gasteiger partial charge in [0.05, 0.1) is 6.54 Å². The van der Waals surface area contributed by atoms with E-state index >= 15 is 0 Å². The number of ketones is 1. The number of carbonyl (C=O) groups is 2. The van der Waals surface area contributed by atoms with E-state index < -0.39 is 0 Å². The summed E-state index contributed by atoms with van der Waals surface area (Å²) >= 11 is 0.